The monoisotopic (exact) mass is 261 g/mol. The van der Waals surface area contributed by atoms with E-state index >= 15 is 0 Å². The first kappa shape index (κ1) is 11.9. The molecule has 2 unspecified atom stereocenters. The van der Waals surface area contributed by atoms with Gasteiger partial charge in [0, 0.05) is 11.5 Å². The minimum absolute atomic E-state index is 0.144. The third-order valence-corrected chi connectivity index (χ3v) is 3.70. The number of halogens is 2. The zero-order valence-corrected chi connectivity index (χ0v) is 10.5. The highest BCUT2D eigenvalue weighted by Crippen LogP contribution is 2.42. The van der Waals surface area contributed by atoms with Crippen LogP contribution in [0.2, 0.25) is 10.3 Å². The molecule has 0 aliphatic heterocycles. The fourth-order valence-corrected chi connectivity index (χ4v) is 2.04. The van der Waals surface area contributed by atoms with Crippen molar-refractivity contribution in [3.63, 3.8) is 0 Å². The van der Waals surface area contributed by atoms with Crippen molar-refractivity contribution in [3.05, 3.63) is 16.5 Å². The van der Waals surface area contributed by atoms with Crippen LogP contribution in [0.1, 0.15) is 20.3 Å². The summed E-state index contributed by atoms with van der Waals surface area (Å²) in [6.45, 7) is 3.99. The van der Waals surface area contributed by atoms with Gasteiger partial charge >= 0.3 is 0 Å². The van der Waals surface area contributed by atoms with Crippen LogP contribution >= 0.6 is 23.2 Å². The standard InChI is InChI=1S/C10H13Cl2N3O/c1-10(2)6(3-7(10)16)14-8-5(11)4-13-9(12)15-8/h4,6-7,16H,3H2,1-2H3,(H,13,14,15). The summed E-state index contributed by atoms with van der Waals surface area (Å²) in [4.78, 5) is 7.79. The number of aromatic nitrogens is 2. The molecular weight excluding hydrogens is 249 g/mol. The average Bonchev–Trinajstić information content (AvgIpc) is 2.23. The van der Waals surface area contributed by atoms with E-state index in [1.54, 1.807) is 0 Å². The summed E-state index contributed by atoms with van der Waals surface area (Å²) >= 11 is 11.6. The van der Waals surface area contributed by atoms with Crippen LogP contribution in [0.3, 0.4) is 0 Å². The predicted octanol–water partition coefficient (Wildman–Crippen LogP) is 2.35. The maximum atomic E-state index is 9.62. The van der Waals surface area contributed by atoms with E-state index in [4.69, 9.17) is 23.2 Å². The molecule has 0 amide bonds. The number of anilines is 1. The first-order valence-corrected chi connectivity index (χ1v) is 5.79. The highest BCUT2D eigenvalue weighted by atomic mass is 35.5. The molecule has 1 heterocycles. The first-order valence-electron chi connectivity index (χ1n) is 5.04. The second kappa shape index (κ2) is 4.02. The Kier molecular flexibility index (Phi) is 2.99. The van der Waals surface area contributed by atoms with Gasteiger partial charge in [0.05, 0.1) is 12.3 Å². The highest BCUT2D eigenvalue weighted by Gasteiger charge is 2.47. The maximum absolute atomic E-state index is 9.62. The van der Waals surface area contributed by atoms with Crippen molar-refractivity contribution >= 4 is 29.0 Å². The van der Waals surface area contributed by atoms with Gasteiger partial charge in [-0.1, -0.05) is 25.4 Å². The third-order valence-electron chi connectivity index (χ3n) is 3.24. The maximum Gasteiger partial charge on any atom is 0.224 e. The van der Waals surface area contributed by atoms with Crippen molar-refractivity contribution in [2.45, 2.75) is 32.4 Å². The predicted molar refractivity (Wildman–Crippen MR) is 63.9 cm³/mol. The Morgan fingerprint density at radius 3 is 2.75 bits per heavy atom. The average molecular weight is 262 g/mol. The minimum Gasteiger partial charge on any atom is -0.392 e. The van der Waals surface area contributed by atoms with Crippen LogP contribution in [0, 0.1) is 5.41 Å². The molecule has 0 radical (unpaired) electrons. The lowest BCUT2D eigenvalue weighted by atomic mass is 9.64. The third kappa shape index (κ3) is 1.97. The van der Waals surface area contributed by atoms with Gasteiger partial charge in [0.25, 0.3) is 0 Å². The van der Waals surface area contributed by atoms with Gasteiger partial charge < -0.3 is 10.4 Å². The zero-order chi connectivity index (χ0) is 11.9. The molecule has 2 rings (SSSR count). The van der Waals surface area contributed by atoms with E-state index in [0.29, 0.717) is 17.3 Å². The van der Waals surface area contributed by atoms with Gasteiger partial charge in [0.15, 0.2) is 0 Å². The molecule has 0 saturated heterocycles. The summed E-state index contributed by atoms with van der Waals surface area (Å²) < 4.78 is 0. The highest BCUT2D eigenvalue weighted by molar-refractivity contribution is 6.33. The molecule has 1 aromatic heterocycles. The number of nitrogens with zero attached hydrogens (tertiary/aromatic N) is 2. The van der Waals surface area contributed by atoms with Crippen LogP contribution in [0.25, 0.3) is 0 Å². The molecule has 0 aromatic carbocycles. The molecule has 0 bridgehead atoms. The Morgan fingerprint density at radius 2 is 2.19 bits per heavy atom. The minimum atomic E-state index is -0.291. The molecule has 4 nitrogen and oxygen atoms in total. The van der Waals surface area contributed by atoms with Crippen LogP contribution in [-0.2, 0) is 0 Å². The molecule has 2 N–H and O–H groups in total. The summed E-state index contributed by atoms with van der Waals surface area (Å²) in [6.07, 6.45) is 1.85. The molecule has 1 aliphatic rings. The number of hydrogen-bond acceptors (Lipinski definition) is 4. The van der Waals surface area contributed by atoms with Crippen LogP contribution < -0.4 is 5.32 Å². The van der Waals surface area contributed by atoms with Gasteiger partial charge in [-0.2, -0.15) is 4.98 Å². The summed E-state index contributed by atoms with van der Waals surface area (Å²) in [5.74, 6) is 0.520. The first-order chi connectivity index (χ1) is 7.41. The fourth-order valence-electron chi connectivity index (χ4n) is 1.76. The number of hydrogen-bond donors (Lipinski definition) is 2. The van der Waals surface area contributed by atoms with E-state index < -0.39 is 0 Å². The second-order valence-electron chi connectivity index (χ2n) is 4.61. The summed E-state index contributed by atoms with van der Waals surface area (Å²) in [5, 5.41) is 13.4. The molecule has 1 aromatic rings. The van der Waals surface area contributed by atoms with Crippen LogP contribution in [0.4, 0.5) is 5.82 Å². The molecule has 0 spiro atoms. The van der Waals surface area contributed by atoms with Crippen molar-refractivity contribution in [3.8, 4) is 0 Å². The van der Waals surface area contributed by atoms with Gasteiger partial charge in [0.2, 0.25) is 5.28 Å². The SMILES string of the molecule is CC1(C)C(O)CC1Nc1nc(Cl)ncc1Cl. The molecule has 1 saturated carbocycles. The lowest BCUT2D eigenvalue weighted by Crippen LogP contribution is -2.57. The number of rotatable bonds is 2. The van der Waals surface area contributed by atoms with E-state index in [-0.39, 0.29) is 22.8 Å². The topological polar surface area (TPSA) is 58.0 Å². The number of aliphatic hydroxyl groups excluding tert-OH is 1. The largest absolute Gasteiger partial charge is 0.392 e. The second-order valence-corrected chi connectivity index (χ2v) is 5.35. The van der Waals surface area contributed by atoms with Gasteiger partial charge in [-0.25, -0.2) is 4.98 Å². The van der Waals surface area contributed by atoms with Crippen molar-refractivity contribution < 1.29 is 5.11 Å². The van der Waals surface area contributed by atoms with Gasteiger partial charge in [-0.3, -0.25) is 0 Å². The van der Waals surface area contributed by atoms with Gasteiger partial charge in [-0.05, 0) is 18.0 Å². The number of nitrogens with one attached hydrogen (secondary N) is 1. The smallest absolute Gasteiger partial charge is 0.224 e. The Hall–Kier alpha value is -0.580. The molecule has 16 heavy (non-hydrogen) atoms. The lowest BCUT2D eigenvalue weighted by Gasteiger charge is -2.49. The van der Waals surface area contributed by atoms with Crippen molar-refractivity contribution in [1.82, 2.24) is 9.97 Å². The Bertz CT molecular complexity index is 411. The van der Waals surface area contributed by atoms with E-state index in [9.17, 15) is 5.11 Å². The Morgan fingerprint density at radius 1 is 1.50 bits per heavy atom. The van der Waals surface area contributed by atoms with Gasteiger partial charge in [0.1, 0.15) is 10.8 Å². The van der Waals surface area contributed by atoms with Crippen molar-refractivity contribution in [1.29, 1.82) is 0 Å². The molecule has 1 aliphatic carbocycles. The lowest BCUT2D eigenvalue weighted by molar-refractivity contribution is -0.0511. The summed E-state index contributed by atoms with van der Waals surface area (Å²) in [5.41, 5.74) is -0.180. The summed E-state index contributed by atoms with van der Waals surface area (Å²) in [6, 6.07) is 0.144. The molecular formula is C10H13Cl2N3O. The Balaban J connectivity index is 2.13. The summed E-state index contributed by atoms with van der Waals surface area (Å²) in [7, 11) is 0. The molecule has 6 heteroatoms. The Labute approximate surface area is 104 Å². The van der Waals surface area contributed by atoms with E-state index in [2.05, 4.69) is 15.3 Å². The van der Waals surface area contributed by atoms with Crippen molar-refractivity contribution in [2.24, 2.45) is 5.41 Å². The van der Waals surface area contributed by atoms with E-state index in [0.717, 1.165) is 0 Å². The molecule has 1 fully saturated rings. The van der Waals surface area contributed by atoms with Crippen molar-refractivity contribution in [2.75, 3.05) is 5.32 Å². The van der Waals surface area contributed by atoms with Crippen LogP contribution in [-0.4, -0.2) is 27.2 Å². The van der Waals surface area contributed by atoms with E-state index in [1.807, 2.05) is 13.8 Å². The molecule has 2 atom stereocenters. The van der Waals surface area contributed by atoms with E-state index in [1.165, 1.54) is 6.20 Å². The van der Waals surface area contributed by atoms with Crippen LogP contribution in [0.15, 0.2) is 6.20 Å². The fraction of sp³-hybridized carbons (Fsp3) is 0.600. The normalized spacial score (nSPS) is 27.3. The number of aliphatic hydroxyl groups is 1. The quantitative estimate of drug-likeness (QED) is 0.803. The molecule has 88 valence electrons. The van der Waals surface area contributed by atoms with Gasteiger partial charge in [-0.15, -0.1) is 0 Å². The van der Waals surface area contributed by atoms with Crippen LogP contribution in [0.5, 0.6) is 0 Å². The zero-order valence-electron chi connectivity index (χ0n) is 9.04.